The Labute approximate surface area is 106 Å². The van der Waals surface area contributed by atoms with Gasteiger partial charge in [0.15, 0.2) is 0 Å². The van der Waals surface area contributed by atoms with Gasteiger partial charge in [-0.05, 0) is 25.5 Å². The highest BCUT2D eigenvalue weighted by Gasteiger charge is 2.07. The molecule has 0 aliphatic heterocycles. The molecule has 0 saturated heterocycles. The van der Waals surface area contributed by atoms with E-state index in [1.54, 1.807) is 31.2 Å². The van der Waals surface area contributed by atoms with Crippen LogP contribution < -0.4 is 0 Å². The molecule has 1 aromatic carbocycles. The van der Waals surface area contributed by atoms with E-state index in [2.05, 4.69) is 0 Å². The average molecular weight is 248 g/mol. The van der Waals surface area contributed by atoms with Gasteiger partial charge < -0.3 is 9.84 Å². The Morgan fingerprint density at radius 1 is 1.39 bits per heavy atom. The SMILES string of the molecule is CCOC(=O)CC=Cc1ccc(C)cc1C(=O)O. The third kappa shape index (κ3) is 4.05. The van der Waals surface area contributed by atoms with E-state index in [4.69, 9.17) is 9.84 Å². The molecule has 0 aliphatic carbocycles. The monoisotopic (exact) mass is 248 g/mol. The zero-order valence-corrected chi connectivity index (χ0v) is 10.5. The number of esters is 1. The van der Waals surface area contributed by atoms with E-state index in [1.165, 1.54) is 0 Å². The molecule has 0 radical (unpaired) electrons. The fraction of sp³-hybridized carbons (Fsp3) is 0.286. The van der Waals surface area contributed by atoms with E-state index in [1.807, 2.05) is 13.0 Å². The maximum Gasteiger partial charge on any atom is 0.336 e. The van der Waals surface area contributed by atoms with Gasteiger partial charge in [-0.2, -0.15) is 0 Å². The van der Waals surface area contributed by atoms with E-state index < -0.39 is 5.97 Å². The zero-order valence-electron chi connectivity index (χ0n) is 10.5. The van der Waals surface area contributed by atoms with Crippen LogP contribution in [0.1, 0.15) is 34.8 Å². The first-order valence-corrected chi connectivity index (χ1v) is 5.70. The molecule has 0 amide bonds. The zero-order chi connectivity index (χ0) is 13.5. The molecular weight excluding hydrogens is 232 g/mol. The van der Waals surface area contributed by atoms with Gasteiger partial charge in [0.2, 0.25) is 0 Å². The number of aryl methyl sites for hydroxylation is 1. The minimum atomic E-state index is -0.977. The average Bonchev–Trinajstić information content (AvgIpc) is 2.31. The highest BCUT2D eigenvalue weighted by atomic mass is 16.5. The molecule has 1 N–H and O–H groups in total. The molecular formula is C14H16O4. The molecule has 4 nitrogen and oxygen atoms in total. The molecule has 0 heterocycles. The molecule has 0 spiro atoms. The lowest BCUT2D eigenvalue weighted by Gasteiger charge is -2.02. The fourth-order valence-electron chi connectivity index (χ4n) is 1.50. The van der Waals surface area contributed by atoms with Gasteiger partial charge in [-0.25, -0.2) is 4.79 Å². The smallest absolute Gasteiger partial charge is 0.336 e. The second kappa shape index (κ2) is 6.59. The standard InChI is InChI=1S/C14H16O4/c1-3-18-13(15)6-4-5-11-8-7-10(2)9-12(11)14(16)17/h4-5,7-9H,3,6H2,1-2H3,(H,16,17). The van der Waals surface area contributed by atoms with Crippen LogP contribution in [0, 0.1) is 6.92 Å². The third-order valence-electron chi connectivity index (χ3n) is 2.33. The lowest BCUT2D eigenvalue weighted by molar-refractivity contribution is -0.142. The van der Waals surface area contributed by atoms with Gasteiger partial charge in [-0.1, -0.05) is 29.8 Å². The quantitative estimate of drug-likeness (QED) is 0.814. The summed E-state index contributed by atoms with van der Waals surface area (Å²) in [5.41, 5.74) is 1.70. The molecule has 0 unspecified atom stereocenters. The maximum absolute atomic E-state index is 11.1. The molecule has 0 fully saturated rings. The van der Waals surface area contributed by atoms with Crippen molar-refractivity contribution < 1.29 is 19.4 Å². The number of carbonyl (C=O) groups excluding carboxylic acids is 1. The minimum absolute atomic E-state index is 0.140. The van der Waals surface area contributed by atoms with Gasteiger partial charge in [0.05, 0.1) is 18.6 Å². The van der Waals surface area contributed by atoms with Gasteiger partial charge in [0.25, 0.3) is 0 Å². The Kier molecular flexibility index (Phi) is 5.11. The summed E-state index contributed by atoms with van der Waals surface area (Å²) >= 11 is 0. The highest BCUT2D eigenvalue weighted by molar-refractivity contribution is 5.92. The lowest BCUT2D eigenvalue weighted by atomic mass is 10.0. The largest absolute Gasteiger partial charge is 0.478 e. The Balaban J connectivity index is 2.81. The third-order valence-corrected chi connectivity index (χ3v) is 2.33. The second-order valence-corrected chi connectivity index (χ2v) is 3.81. The van der Waals surface area contributed by atoms with Gasteiger partial charge in [0, 0.05) is 0 Å². The summed E-state index contributed by atoms with van der Waals surface area (Å²) in [5.74, 6) is -1.30. The topological polar surface area (TPSA) is 63.6 Å². The van der Waals surface area contributed by atoms with Gasteiger partial charge in [0.1, 0.15) is 0 Å². The van der Waals surface area contributed by atoms with Gasteiger partial charge in [-0.15, -0.1) is 0 Å². The number of ether oxygens (including phenoxy) is 1. The van der Waals surface area contributed by atoms with Crippen LogP contribution in [0.25, 0.3) is 6.08 Å². The van der Waals surface area contributed by atoms with Crippen LogP contribution >= 0.6 is 0 Å². The second-order valence-electron chi connectivity index (χ2n) is 3.81. The molecule has 0 bridgehead atoms. The highest BCUT2D eigenvalue weighted by Crippen LogP contribution is 2.14. The first-order valence-electron chi connectivity index (χ1n) is 5.70. The predicted octanol–water partition coefficient (Wildman–Crippen LogP) is 2.66. The summed E-state index contributed by atoms with van der Waals surface area (Å²) in [6.45, 7) is 3.92. The minimum Gasteiger partial charge on any atom is -0.478 e. The Morgan fingerprint density at radius 3 is 2.72 bits per heavy atom. The number of carboxylic acid groups (broad SMARTS) is 1. The van der Waals surface area contributed by atoms with Crippen LogP contribution in [0.15, 0.2) is 24.3 Å². The summed E-state index contributed by atoms with van der Waals surface area (Å²) < 4.78 is 4.77. The summed E-state index contributed by atoms with van der Waals surface area (Å²) in [7, 11) is 0. The number of rotatable bonds is 5. The van der Waals surface area contributed by atoms with Crippen molar-refractivity contribution in [1.82, 2.24) is 0 Å². The van der Waals surface area contributed by atoms with E-state index in [0.29, 0.717) is 12.2 Å². The van der Waals surface area contributed by atoms with Crippen molar-refractivity contribution in [2.75, 3.05) is 6.61 Å². The summed E-state index contributed by atoms with van der Waals surface area (Å²) in [6.07, 6.45) is 3.37. The summed E-state index contributed by atoms with van der Waals surface area (Å²) in [6, 6.07) is 5.16. The van der Waals surface area contributed by atoms with E-state index in [9.17, 15) is 9.59 Å². The van der Waals surface area contributed by atoms with Crippen LogP contribution in [0.3, 0.4) is 0 Å². The van der Waals surface area contributed by atoms with Crippen molar-refractivity contribution in [3.8, 4) is 0 Å². The van der Waals surface area contributed by atoms with E-state index >= 15 is 0 Å². The first kappa shape index (κ1) is 14.0. The van der Waals surface area contributed by atoms with Crippen LogP contribution in [-0.2, 0) is 9.53 Å². The van der Waals surface area contributed by atoms with Crippen molar-refractivity contribution in [1.29, 1.82) is 0 Å². The molecule has 1 aromatic rings. The van der Waals surface area contributed by atoms with E-state index in [0.717, 1.165) is 5.56 Å². The molecule has 18 heavy (non-hydrogen) atoms. The van der Waals surface area contributed by atoms with Gasteiger partial charge in [-0.3, -0.25) is 4.79 Å². The maximum atomic E-state index is 11.1. The Bertz CT molecular complexity index is 475. The van der Waals surface area contributed by atoms with Crippen LogP contribution in [0.4, 0.5) is 0 Å². The molecule has 0 saturated carbocycles. The normalized spacial score (nSPS) is 10.6. The molecule has 4 heteroatoms. The van der Waals surface area contributed by atoms with Crippen molar-refractivity contribution in [3.05, 3.63) is 41.0 Å². The van der Waals surface area contributed by atoms with Gasteiger partial charge >= 0.3 is 11.9 Å². The lowest BCUT2D eigenvalue weighted by Crippen LogP contribution is -2.02. The Morgan fingerprint density at radius 2 is 2.11 bits per heavy atom. The summed E-state index contributed by atoms with van der Waals surface area (Å²) in [4.78, 5) is 22.2. The molecule has 0 aromatic heterocycles. The first-order chi connectivity index (χ1) is 8.54. The van der Waals surface area contributed by atoms with Crippen LogP contribution in [-0.4, -0.2) is 23.7 Å². The van der Waals surface area contributed by atoms with Crippen molar-refractivity contribution >= 4 is 18.0 Å². The predicted molar refractivity (Wildman–Crippen MR) is 68.4 cm³/mol. The number of carboxylic acids is 1. The van der Waals surface area contributed by atoms with Crippen molar-refractivity contribution in [2.45, 2.75) is 20.3 Å². The van der Waals surface area contributed by atoms with Crippen molar-refractivity contribution in [2.24, 2.45) is 0 Å². The molecule has 0 atom stereocenters. The van der Waals surface area contributed by atoms with Crippen molar-refractivity contribution in [3.63, 3.8) is 0 Å². The number of hydrogen-bond acceptors (Lipinski definition) is 3. The van der Waals surface area contributed by atoms with Crippen LogP contribution in [0.2, 0.25) is 0 Å². The number of aromatic carboxylic acids is 1. The number of hydrogen-bond donors (Lipinski definition) is 1. The Hall–Kier alpha value is -2.10. The molecule has 96 valence electrons. The summed E-state index contributed by atoms with van der Waals surface area (Å²) in [5, 5.41) is 9.06. The number of carbonyl (C=O) groups is 2. The molecule has 1 rings (SSSR count). The molecule has 0 aliphatic rings. The van der Waals surface area contributed by atoms with Crippen LogP contribution in [0.5, 0.6) is 0 Å². The van der Waals surface area contributed by atoms with E-state index in [-0.39, 0.29) is 18.0 Å². The fourth-order valence-corrected chi connectivity index (χ4v) is 1.50. The number of benzene rings is 1.